The highest BCUT2D eigenvalue weighted by molar-refractivity contribution is 6.31. The standard InChI is InChI=1S/C13H14ClFO2/c1-7(8-6-9(8)13(16)17)5-10-11(14)3-2-4-12(10)15/h2-4,7-9H,5-6H2,1H3,(H,16,17). The monoisotopic (exact) mass is 256 g/mol. The number of carboxylic acid groups (broad SMARTS) is 1. The lowest BCUT2D eigenvalue weighted by atomic mass is 9.95. The van der Waals surface area contributed by atoms with Crippen LogP contribution < -0.4 is 0 Å². The summed E-state index contributed by atoms with van der Waals surface area (Å²) in [6, 6.07) is 4.62. The molecular formula is C13H14ClFO2. The molecule has 0 amide bonds. The Balaban J connectivity index is 2.04. The minimum absolute atomic E-state index is 0.144. The summed E-state index contributed by atoms with van der Waals surface area (Å²) in [7, 11) is 0. The van der Waals surface area contributed by atoms with E-state index in [0.29, 0.717) is 23.4 Å². The molecule has 0 spiro atoms. The summed E-state index contributed by atoms with van der Waals surface area (Å²) >= 11 is 5.94. The lowest BCUT2D eigenvalue weighted by Crippen LogP contribution is -2.09. The minimum atomic E-state index is -0.749. The molecule has 1 fully saturated rings. The molecule has 1 aliphatic rings. The van der Waals surface area contributed by atoms with E-state index in [0.717, 1.165) is 0 Å². The van der Waals surface area contributed by atoms with E-state index in [2.05, 4.69) is 0 Å². The number of hydrogen-bond acceptors (Lipinski definition) is 1. The third-order valence-corrected chi connectivity index (χ3v) is 3.83. The Morgan fingerprint density at radius 2 is 2.35 bits per heavy atom. The molecule has 0 heterocycles. The van der Waals surface area contributed by atoms with E-state index < -0.39 is 5.97 Å². The first-order valence-electron chi connectivity index (χ1n) is 5.66. The van der Waals surface area contributed by atoms with Crippen LogP contribution in [0.5, 0.6) is 0 Å². The van der Waals surface area contributed by atoms with Crippen LogP contribution in [0.25, 0.3) is 0 Å². The maximum atomic E-state index is 13.5. The first kappa shape index (κ1) is 12.4. The lowest BCUT2D eigenvalue weighted by Gasteiger charge is -2.12. The third kappa shape index (κ3) is 2.60. The van der Waals surface area contributed by atoms with Gasteiger partial charge in [0.2, 0.25) is 0 Å². The predicted octanol–water partition coefficient (Wildman–Crippen LogP) is 3.38. The first-order chi connectivity index (χ1) is 8.00. The maximum Gasteiger partial charge on any atom is 0.306 e. The molecule has 17 heavy (non-hydrogen) atoms. The van der Waals surface area contributed by atoms with Gasteiger partial charge in [-0.3, -0.25) is 4.79 Å². The van der Waals surface area contributed by atoms with E-state index in [1.165, 1.54) is 6.07 Å². The minimum Gasteiger partial charge on any atom is -0.481 e. The fraction of sp³-hybridized carbons (Fsp3) is 0.462. The van der Waals surface area contributed by atoms with Crippen molar-refractivity contribution in [2.24, 2.45) is 17.8 Å². The Labute approximate surface area is 104 Å². The Kier molecular flexibility index (Phi) is 3.38. The summed E-state index contributed by atoms with van der Waals surface area (Å²) in [6.45, 7) is 1.95. The lowest BCUT2D eigenvalue weighted by molar-refractivity contribution is -0.139. The van der Waals surface area contributed by atoms with Crippen LogP contribution >= 0.6 is 11.6 Å². The number of rotatable bonds is 4. The molecule has 3 atom stereocenters. The van der Waals surface area contributed by atoms with Crippen molar-refractivity contribution in [2.75, 3.05) is 0 Å². The maximum absolute atomic E-state index is 13.5. The smallest absolute Gasteiger partial charge is 0.306 e. The number of aliphatic carboxylic acids is 1. The predicted molar refractivity (Wildman–Crippen MR) is 63.5 cm³/mol. The van der Waals surface area contributed by atoms with Crippen LogP contribution in [0.4, 0.5) is 4.39 Å². The molecule has 1 aromatic rings. The van der Waals surface area contributed by atoms with Crippen LogP contribution in [0.3, 0.4) is 0 Å². The summed E-state index contributed by atoms with van der Waals surface area (Å²) in [5.41, 5.74) is 0.498. The third-order valence-electron chi connectivity index (χ3n) is 3.48. The summed E-state index contributed by atoms with van der Waals surface area (Å²) in [5.74, 6) is -1.01. The fourth-order valence-corrected chi connectivity index (χ4v) is 2.57. The molecule has 1 aromatic carbocycles. The molecule has 3 unspecified atom stereocenters. The van der Waals surface area contributed by atoms with Crippen molar-refractivity contribution in [1.82, 2.24) is 0 Å². The summed E-state index contributed by atoms with van der Waals surface area (Å²) in [4.78, 5) is 10.8. The number of hydrogen-bond donors (Lipinski definition) is 1. The number of halogens is 2. The molecule has 4 heteroatoms. The molecule has 0 radical (unpaired) electrons. The number of carboxylic acids is 1. The second-order valence-electron chi connectivity index (χ2n) is 4.73. The number of benzene rings is 1. The van der Waals surface area contributed by atoms with Crippen molar-refractivity contribution in [3.8, 4) is 0 Å². The number of carbonyl (C=O) groups is 1. The molecular weight excluding hydrogens is 243 g/mol. The van der Waals surface area contributed by atoms with Gasteiger partial charge in [0.25, 0.3) is 0 Å². The van der Waals surface area contributed by atoms with Gasteiger partial charge in [0.05, 0.1) is 5.92 Å². The van der Waals surface area contributed by atoms with Crippen molar-refractivity contribution in [3.05, 3.63) is 34.6 Å². The quantitative estimate of drug-likeness (QED) is 0.897. The van der Waals surface area contributed by atoms with Crippen LogP contribution in [0.1, 0.15) is 18.9 Å². The largest absolute Gasteiger partial charge is 0.481 e. The van der Waals surface area contributed by atoms with Gasteiger partial charge in [-0.15, -0.1) is 0 Å². The van der Waals surface area contributed by atoms with Crippen LogP contribution in [0, 0.1) is 23.6 Å². The summed E-state index contributed by atoms with van der Waals surface area (Å²) < 4.78 is 13.5. The van der Waals surface area contributed by atoms with Crippen LogP contribution in [0.15, 0.2) is 18.2 Å². The SMILES string of the molecule is CC(Cc1c(F)cccc1Cl)C1CC1C(=O)O. The Morgan fingerprint density at radius 1 is 1.65 bits per heavy atom. The van der Waals surface area contributed by atoms with Crippen LogP contribution in [0.2, 0.25) is 5.02 Å². The summed E-state index contributed by atoms with van der Waals surface area (Å²) in [6.07, 6.45) is 1.20. The molecule has 2 nitrogen and oxygen atoms in total. The van der Waals surface area contributed by atoms with Gasteiger partial charge in [0.15, 0.2) is 0 Å². The van der Waals surface area contributed by atoms with Crippen molar-refractivity contribution in [2.45, 2.75) is 19.8 Å². The molecule has 92 valence electrons. The normalized spacial score (nSPS) is 24.4. The van der Waals surface area contributed by atoms with Crippen molar-refractivity contribution in [3.63, 3.8) is 0 Å². The molecule has 0 aromatic heterocycles. The van der Waals surface area contributed by atoms with E-state index in [4.69, 9.17) is 16.7 Å². The van der Waals surface area contributed by atoms with Gasteiger partial charge in [-0.1, -0.05) is 24.6 Å². The second-order valence-corrected chi connectivity index (χ2v) is 5.13. The summed E-state index contributed by atoms with van der Waals surface area (Å²) in [5, 5.41) is 9.27. The highest BCUT2D eigenvalue weighted by atomic mass is 35.5. The Morgan fingerprint density at radius 3 is 2.88 bits per heavy atom. The van der Waals surface area contributed by atoms with Crippen molar-refractivity contribution in [1.29, 1.82) is 0 Å². The topological polar surface area (TPSA) is 37.3 Å². The van der Waals surface area contributed by atoms with Crippen LogP contribution in [-0.4, -0.2) is 11.1 Å². The van der Waals surface area contributed by atoms with Gasteiger partial charge >= 0.3 is 5.97 Å². The molecule has 1 saturated carbocycles. The second kappa shape index (κ2) is 4.65. The molecule has 0 aliphatic heterocycles. The Bertz CT molecular complexity index is 427. The highest BCUT2D eigenvalue weighted by Gasteiger charge is 2.46. The van der Waals surface area contributed by atoms with Gasteiger partial charge in [0, 0.05) is 10.6 Å². The highest BCUT2D eigenvalue weighted by Crippen LogP contribution is 2.45. The van der Waals surface area contributed by atoms with E-state index in [9.17, 15) is 9.18 Å². The van der Waals surface area contributed by atoms with Gasteiger partial charge < -0.3 is 5.11 Å². The van der Waals surface area contributed by atoms with Gasteiger partial charge in [-0.25, -0.2) is 4.39 Å². The average Bonchev–Trinajstić information content (AvgIpc) is 3.03. The van der Waals surface area contributed by atoms with Crippen molar-refractivity contribution >= 4 is 17.6 Å². The van der Waals surface area contributed by atoms with E-state index >= 15 is 0 Å². The molecule has 2 rings (SSSR count). The van der Waals surface area contributed by atoms with E-state index in [1.807, 2.05) is 6.92 Å². The zero-order valence-electron chi connectivity index (χ0n) is 9.49. The van der Waals surface area contributed by atoms with Gasteiger partial charge in [-0.05, 0) is 36.8 Å². The van der Waals surface area contributed by atoms with Gasteiger partial charge in [0.1, 0.15) is 5.82 Å². The first-order valence-corrected chi connectivity index (χ1v) is 6.04. The molecule has 0 saturated heterocycles. The zero-order chi connectivity index (χ0) is 12.6. The molecule has 1 N–H and O–H groups in total. The average molecular weight is 257 g/mol. The van der Waals surface area contributed by atoms with E-state index in [-0.39, 0.29) is 23.6 Å². The molecule has 0 bridgehead atoms. The van der Waals surface area contributed by atoms with Crippen molar-refractivity contribution < 1.29 is 14.3 Å². The van der Waals surface area contributed by atoms with Gasteiger partial charge in [-0.2, -0.15) is 0 Å². The Hall–Kier alpha value is -1.09. The molecule has 1 aliphatic carbocycles. The zero-order valence-corrected chi connectivity index (χ0v) is 10.2. The van der Waals surface area contributed by atoms with Crippen LogP contribution in [-0.2, 0) is 11.2 Å². The van der Waals surface area contributed by atoms with E-state index in [1.54, 1.807) is 12.1 Å². The fourth-order valence-electron chi connectivity index (χ4n) is 2.33.